The van der Waals surface area contributed by atoms with Crippen molar-refractivity contribution in [2.45, 2.75) is 103 Å². The molecule has 0 bridgehead atoms. The number of nitrogens with zero attached hydrogens (tertiary/aromatic N) is 2. The van der Waals surface area contributed by atoms with Gasteiger partial charge in [-0.05, 0) is 51.4 Å². The molecule has 0 radical (unpaired) electrons. The SMILES string of the molecule is CCCCC(CCC(CCCC)C(=O)N1CCCC1C(=O)O)C(=O)N1CCCC1C(=O)O. The minimum absolute atomic E-state index is 0.102. The topological polar surface area (TPSA) is 115 Å². The van der Waals surface area contributed by atoms with Crippen LogP contribution in [0.5, 0.6) is 0 Å². The fourth-order valence-electron chi connectivity index (χ4n) is 5.13. The summed E-state index contributed by atoms with van der Waals surface area (Å²) in [5.41, 5.74) is 0. The van der Waals surface area contributed by atoms with Crippen LogP contribution >= 0.6 is 0 Å². The van der Waals surface area contributed by atoms with Crippen molar-refractivity contribution in [3.63, 3.8) is 0 Å². The van der Waals surface area contributed by atoms with Crippen LogP contribution in [0, 0.1) is 11.8 Å². The quantitative estimate of drug-likeness (QED) is 0.442. The van der Waals surface area contributed by atoms with E-state index < -0.39 is 24.0 Å². The fourth-order valence-corrected chi connectivity index (χ4v) is 5.13. The number of carboxylic acids is 2. The Kier molecular flexibility index (Phi) is 10.5. The summed E-state index contributed by atoms with van der Waals surface area (Å²) in [6, 6.07) is -1.49. The van der Waals surface area contributed by atoms with Crippen LogP contribution in [0.4, 0.5) is 0 Å². The second-order valence-electron chi connectivity index (χ2n) is 9.31. The third-order valence-corrected chi connectivity index (χ3v) is 7.02. The summed E-state index contributed by atoms with van der Waals surface area (Å²) >= 11 is 0. The molecule has 2 saturated heterocycles. The molecule has 8 heteroatoms. The molecule has 4 atom stereocenters. The molecule has 182 valence electrons. The number of unbranched alkanes of at least 4 members (excludes halogenated alkanes) is 2. The molecule has 0 aromatic rings. The first-order valence-corrected chi connectivity index (χ1v) is 12.4. The number of hydrogen-bond donors (Lipinski definition) is 2. The fraction of sp³-hybridized carbons (Fsp3) is 0.833. The van der Waals surface area contributed by atoms with Crippen LogP contribution in [0.1, 0.15) is 90.9 Å². The van der Waals surface area contributed by atoms with Crippen LogP contribution in [0.2, 0.25) is 0 Å². The molecule has 0 aromatic heterocycles. The predicted molar refractivity (Wildman–Crippen MR) is 120 cm³/mol. The van der Waals surface area contributed by atoms with Gasteiger partial charge in [-0.2, -0.15) is 0 Å². The van der Waals surface area contributed by atoms with Crippen LogP contribution in [-0.2, 0) is 19.2 Å². The van der Waals surface area contributed by atoms with Crippen molar-refractivity contribution in [3.05, 3.63) is 0 Å². The maximum atomic E-state index is 13.2. The molecule has 0 aromatic carbocycles. The number of aliphatic carboxylic acids is 2. The van der Waals surface area contributed by atoms with E-state index in [1.807, 2.05) is 0 Å². The minimum atomic E-state index is -0.949. The van der Waals surface area contributed by atoms with Crippen molar-refractivity contribution in [3.8, 4) is 0 Å². The zero-order valence-corrected chi connectivity index (χ0v) is 19.6. The van der Waals surface area contributed by atoms with E-state index >= 15 is 0 Å². The van der Waals surface area contributed by atoms with Crippen molar-refractivity contribution in [1.29, 1.82) is 0 Å². The Morgan fingerprint density at radius 3 is 1.41 bits per heavy atom. The molecule has 2 heterocycles. The van der Waals surface area contributed by atoms with Gasteiger partial charge in [-0.25, -0.2) is 9.59 Å². The Labute approximate surface area is 191 Å². The molecular formula is C24H40N2O6. The second-order valence-corrected chi connectivity index (χ2v) is 9.31. The van der Waals surface area contributed by atoms with E-state index in [-0.39, 0.29) is 23.7 Å². The average Bonchev–Trinajstić information content (AvgIpc) is 3.44. The molecule has 0 aliphatic carbocycles. The first kappa shape index (κ1) is 26.1. The maximum Gasteiger partial charge on any atom is 0.326 e. The molecule has 8 nitrogen and oxygen atoms in total. The third kappa shape index (κ3) is 6.69. The Morgan fingerprint density at radius 1 is 0.719 bits per heavy atom. The lowest BCUT2D eigenvalue weighted by Gasteiger charge is -2.30. The lowest BCUT2D eigenvalue weighted by Crippen LogP contribution is -2.45. The summed E-state index contributed by atoms with van der Waals surface area (Å²) in [6.45, 7) is 5.07. The number of rotatable bonds is 13. The van der Waals surface area contributed by atoms with Gasteiger partial charge >= 0.3 is 11.9 Å². The zero-order chi connectivity index (χ0) is 23.7. The Morgan fingerprint density at radius 2 is 1.09 bits per heavy atom. The van der Waals surface area contributed by atoms with E-state index in [9.17, 15) is 29.4 Å². The number of carboxylic acid groups (broad SMARTS) is 2. The first-order valence-electron chi connectivity index (χ1n) is 12.4. The Balaban J connectivity index is 2.10. The molecule has 2 aliphatic heterocycles. The van der Waals surface area contributed by atoms with Crippen LogP contribution < -0.4 is 0 Å². The van der Waals surface area contributed by atoms with Gasteiger partial charge in [-0.3, -0.25) is 9.59 Å². The predicted octanol–water partition coefficient (Wildman–Crippen LogP) is 3.53. The molecular weight excluding hydrogens is 412 g/mol. The van der Waals surface area contributed by atoms with Crippen molar-refractivity contribution < 1.29 is 29.4 Å². The van der Waals surface area contributed by atoms with Crippen LogP contribution in [-0.4, -0.2) is 68.9 Å². The number of carbonyl (C=O) groups is 4. The summed E-state index contributed by atoms with van der Waals surface area (Å²) in [7, 11) is 0. The maximum absolute atomic E-state index is 13.2. The first-order chi connectivity index (χ1) is 15.3. The third-order valence-electron chi connectivity index (χ3n) is 7.02. The van der Waals surface area contributed by atoms with Crippen molar-refractivity contribution in [2.75, 3.05) is 13.1 Å². The molecule has 4 unspecified atom stereocenters. The van der Waals surface area contributed by atoms with Gasteiger partial charge in [0.05, 0.1) is 0 Å². The Hall–Kier alpha value is -2.12. The minimum Gasteiger partial charge on any atom is -0.480 e. The summed E-state index contributed by atoms with van der Waals surface area (Å²) < 4.78 is 0. The lowest BCUT2D eigenvalue weighted by atomic mass is 9.87. The van der Waals surface area contributed by atoms with E-state index in [2.05, 4.69) is 13.8 Å². The number of amides is 2. The van der Waals surface area contributed by atoms with Gasteiger partial charge in [-0.15, -0.1) is 0 Å². The Bertz CT molecular complexity index is 611. The smallest absolute Gasteiger partial charge is 0.326 e. The summed E-state index contributed by atoms with van der Waals surface area (Å²) in [4.78, 5) is 52.7. The second kappa shape index (κ2) is 12.8. The van der Waals surface area contributed by atoms with E-state index in [4.69, 9.17) is 0 Å². The molecule has 32 heavy (non-hydrogen) atoms. The molecule has 2 amide bonds. The summed E-state index contributed by atoms with van der Waals surface area (Å²) in [5.74, 6) is -2.68. The van der Waals surface area contributed by atoms with Gasteiger partial charge in [0.15, 0.2) is 0 Å². The van der Waals surface area contributed by atoms with E-state index in [0.29, 0.717) is 64.5 Å². The van der Waals surface area contributed by atoms with Gasteiger partial charge in [0.25, 0.3) is 0 Å². The van der Waals surface area contributed by atoms with Crippen LogP contribution in [0.15, 0.2) is 0 Å². The van der Waals surface area contributed by atoms with Crippen LogP contribution in [0.3, 0.4) is 0 Å². The van der Waals surface area contributed by atoms with E-state index in [1.165, 1.54) is 9.80 Å². The van der Waals surface area contributed by atoms with Gasteiger partial charge in [-0.1, -0.05) is 39.5 Å². The van der Waals surface area contributed by atoms with Crippen LogP contribution in [0.25, 0.3) is 0 Å². The number of hydrogen-bond acceptors (Lipinski definition) is 4. The van der Waals surface area contributed by atoms with Gasteiger partial charge in [0, 0.05) is 24.9 Å². The number of carbonyl (C=O) groups excluding carboxylic acids is 2. The van der Waals surface area contributed by atoms with Crippen molar-refractivity contribution in [1.82, 2.24) is 9.80 Å². The van der Waals surface area contributed by atoms with E-state index in [0.717, 1.165) is 25.7 Å². The molecule has 2 N–H and O–H groups in total. The highest BCUT2D eigenvalue weighted by molar-refractivity contribution is 5.87. The largest absolute Gasteiger partial charge is 0.480 e. The number of likely N-dealkylation sites (tertiary alicyclic amines) is 2. The zero-order valence-electron chi connectivity index (χ0n) is 19.6. The van der Waals surface area contributed by atoms with Gasteiger partial charge in [0.2, 0.25) is 11.8 Å². The molecule has 2 rings (SSSR count). The summed E-state index contributed by atoms with van der Waals surface area (Å²) in [6.07, 6.45) is 8.47. The monoisotopic (exact) mass is 452 g/mol. The molecule has 0 spiro atoms. The van der Waals surface area contributed by atoms with Crippen molar-refractivity contribution in [2.24, 2.45) is 11.8 Å². The molecule has 0 saturated carbocycles. The molecule has 2 fully saturated rings. The van der Waals surface area contributed by atoms with E-state index in [1.54, 1.807) is 0 Å². The summed E-state index contributed by atoms with van der Waals surface area (Å²) in [5, 5.41) is 19.0. The highest BCUT2D eigenvalue weighted by atomic mass is 16.4. The van der Waals surface area contributed by atoms with Crippen molar-refractivity contribution >= 4 is 23.8 Å². The lowest BCUT2D eigenvalue weighted by molar-refractivity contribution is -0.151. The average molecular weight is 453 g/mol. The standard InChI is InChI=1S/C24H40N2O6/c1-3-5-9-17(21(27)25-15-7-11-19(25)23(29)30)13-14-18(10-6-4-2)22(28)26-16-8-12-20(26)24(31)32/h17-20H,3-16H2,1-2H3,(H,29,30)(H,31,32). The highest BCUT2D eigenvalue weighted by Gasteiger charge is 2.39. The van der Waals surface area contributed by atoms with Gasteiger partial charge in [0.1, 0.15) is 12.1 Å². The normalized spacial score (nSPS) is 22.7. The van der Waals surface area contributed by atoms with Gasteiger partial charge < -0.3 is 20.0 Å². The molecule has 2 aliphatic rings. The highest BCUT2D eigenvalue weighted by Crippen LogP contribution is 2.30.